The van der Waals surface area contributed by atoms with Crippen molar-refractivity contribution in [2.75, 3.05) is 0 Å². The van der Waals surface area contributed by atoms with E-state index >= 15 is 0 Å². The molecule has 10 aromatic carbocycles. The summed E-state index contributed by atoms with van der Waals surface area (Å²) in [7, 11) is 0. The maximum absolute atomic E-state index is 5.27. The lowest BCUT2D eigenvalue weighted by atomic mass is 9.90. The molecule has 0 aliphatic rings. The summed E-state index contributed by atoms with van der Waals surface area (Å²) in [5.41, 5.74) is 13.6. The molecule has 0 aliphatic heterocycles. The van der Waals surface area contributed by atoms with Gasteiger partial charge in [0, 0.05) is 21.9 Å². The zero-order valence-corrected chi connectivity index (χ0v) is 33.1. The highest BCUT2D eigenvalue weighted by Crippen LogP contribution is 2.43. The minimum Gasteiger partial charge on any atom is -0.309 e. The molecule has 2 heterocycles. The van der Waals surface area contributed by atoms with E-state index in [2.05, 4.69) is 224 Å². The first kappa shape index (κ1) is 34.3. The van der Waals surface area contributed by atoms with Gasteiger partial charge >= 0.3 is 0 Å². The summed E-state index contributed by atoms with van der Waals surface area (Å²) in [5, 5.41) is 12.5. The Morgan fingerprint density at radius 1 is 0.300 bits per heavy atom. The van der Waals surface area contributed by atoms with Crippen LogP contribution < -0.4 is 0 Å². The first-order valence-corrected chi connectivity index (χ1v) is 20.7. The Morgan fingerprint density at radius 2 is 0.800 bits per heavy atom. The van der Waals surface area contributed by atoms with Crippen LogP contribution in [0.15, 0.2) is 212 Å². The van der Waals surface area contributed by atoms with E-state index in [1.165, 1.54) is 81.7 Å². The van der Waals surface area contributed by atoms with Crippen LogP contribution in [-0.2, 0) is 0 Å². The number of rotatable bonds is 5. The molecule has 0 radical (unpaired) electrons. The Bertz CT molecular complexity index is 3580. The summed E-state index contributed by atoms with van der Waals surface area (Å²) in [6.45, 7) is 2.15. The molecule has 280 valence electrons. The monoisotopic (exact) mass is 762 g/mol. The second-order valence-electron chi connectivity index (χ2n) is 16.0. The molecule has 0 amide bonds. The molecule has 0 bridgehead atoms. The second-order valence-corrected chi connectivity index (χ2v) is 16.0. The van der Waals surface area contributed by atoms with Crippen molar-refractivity contribution in [2.24, 2.45) is 0 Å². The van der Waals surface area contributed by atoms with Gasteiger partial charge in [0.05, 0.1) is 28.1 Å². The van der Waals surface area contributed by atoms with Crippen molar-refractivity contribution in [1.29, 1.82) is 0 Å². The second kappa shape index (κ2) is 13.7. The Kier molecular flexibility index (Phi) is 7.79. The van der Waals surface area contributed by atoms with E-state index in [4.69, 9.17) is 4.98 Å². The summed E-state index contributed by atoms with van der Waals surface area (Å²) in [6.07, 6.45) is 0. The lowest BCUT2D eigenvalue weighted by Crippen LogP contribution is -1.98. The van der Waals surface area contributed by atoms with Crippen LogP contribution in [0.4, 0.5) is 0 Å². The average molecular weight is 763 g/mol. The Hall–Kier alpha value is -7.81. The van der Waals surface area contributed by atoms with Crippen LogP contribution in [0.2, 0.25) is 0 Å². The number of nitrogens with zero attached hydrogens (tertiary/aromatic N) is 2. The van der Waals surface area contributed by atoms with Crippen molar-refractivity contribution in [2.45, 2.75) is 6.92 Å². The number of fused-ring (bicyclic) bond motifs is 10. The van der Waals surface area contributed by atoms with Crippen molar-refractivity contribution in [3.63, 3.8) is 0 Å². The SMILES string of the molecule is Cc1ccc(-c2ccc3c(c2)c2cc4c5cc(-c6ccc7ccccc7c6)ccc5c5ccccc5c4cc2n3-c2cc(-c3ccccc3)nc(-c3ccccc3)c2)cc1. The maximum atomic E-state index is 5.27. The Balaban J connectivity index is 1.19. The molecule has 2 nitrogen and oxygen atoms in total. The van der Waals surface area contributed by atoms with Crippen molar-refractivity contribution in [3.05, 3.63) is 218 Å². The Morgan fingerprint density at radius 3 is 1.53 bits per heavy atom. The fourth-order valence-electron chi connectivity index (χ4n) is 9.38. The largest absolute Gasteiger partial charge is 0.309 e. The fourth-order valence-corrected chi connectivity index (χ4v) is 9.38. The van der Waals surface area contributed by atoms with E-state index in [1.807, 2.05) is 0 Å². The molecule has 0 saturated heterocycles. The number of aromatic nitrogens is 2. The van der Waals surface area contributed by atoms with Crippen LogP contribution in [0.25, 0.3) is 115 Å². The van der Waals surface area contributed by atoms with E-state index in [-0.39, 0.29) is 0 Å². The van der Waals surface area contributed by atoms with Crippen molar-refractivity contribution < 1.29 is 0 Å². The van der Waals surface area contributed by atoms with Crippen molar-refractivity contribution >= 4 is 64.9 Å². The quantitative estimate of drug-likeness (QED) is 0.160. The van der Waals surface area contributed by atoms with Crippen LogP contribution in [0, 0.1) is 6.92 Å². The minimum absolute atomic E-state index is 0.941. The van der Waals surface area contributed by atoms with Gasteiger partial charge in [0.2, 0.25) is 0 Å². The number of aryl methyl sites for hydroxylation is 1. The van der Waals surface area contributed by atoms with Gasteiger partial charge in [-0.15, -0.1) is 0 Å². The lowest BCUT2D eigenvalue weighted by Gasteiger charge is -2.15. The zero-order valence-electron chi connectivity index (χ0n) is 33.1. The van der Waals surface area contributed by atoms with Gasteiger partial charge < -0.3 is 4.57 Å². The van der Waals surface area contributed by atoms with Gasteiger partial charge in [0.1, 0.15) is 0 Å². The predicted octanol–water partition coefficient (Wildman–Crippen LogP) is 15.8. The highest BCUT2D eigenvalue weighted by molar-refractivity contribution is 6.29. The van der Waals surface area contributed by atoms with Gasteiger partial charge in [-0.25, -0.2) is 4.98 Å². The first-order valence-electron chi connectivity index (χ1n) is 20.7. The normalized spacial score (nSPS) is 11.8. The molecule has 12 aromatic rings. The van der Waals surface area contributed by atoms with Gasteiger partial charge in [-0.3, -0.25) is 0 Å². The van der Waals surface area contributed by atoms with Crippen molar-refractivity contribution in [1.82, 2.24) is 9.55 Å². The highest BCUT2D eigenvalue weighted by Gasteiger charge is 2.19. The Labute approximate surface area is 348 Å². The molecule has 0 spiro atoms. The molecule has 12 rings (SSSR count). The average Bonchev–Trinajstić information content (AvgIpc) is 3.64. The summed E-state index contributed by atoms with van der Waals surface area (Å²) < 4.78 is 2.47. The highest BCUT2D eigenvalue weighted by atomic mass is 15.0. The molecule has 0 aliphatic carbocycles. The standard InChI is InChI=1S/C58H38N2/c1-37-20-22-39(23-21-37)44-27-29-57-53(32-44)54-35-51-50-31-45(43-25-24-38-12-8-9-17-42(38)30-43)26-28-49(50)47-18-10-11-19-48(47)52(51)36-58(54)60(57)46-33-55(40-13-4-2-5-14-40)59-56(34-46)41-15-6-3-7-16-41/h2-36H,1H3. The van der Waals surface area contributed by atoms with E-state index < -0.39 is 0 Å². The van der Waals surface area contributed by atoms with E-state index in [0.29, 0.717) is 0 Å². The molecule has 0 N–H and O–H groups in total. The molecular weight excluding hydrogens is 725 g/mol. The third-order valence-electron chi connectivity index (χ3n) is 12.4. The smallest absolute Gasteiger partial charge is 0.0730 e. The topological polar surface area (TPSA) is 17.8 Å². The first-order chi connectivity index (χ1) is 29.6. The molecule has 0 saturated carbocycles. The third kappa shape index (κ3) is 5.61. The molecule has 0 fully saturated rings. The summed E-state index contributed by atoms with van der Waals surface area (Å²) in [6, 6.07) is 77.8. The van der Waals surface area contributed by atoms with Gasteiger partial charge in [-0.05, 0) is 121 Å². The number of hydrogen-bond acceptors (Lipinski definition) is 1. The summed E-state index contributed by atoms with van der Waals surface area (Å²) >= 11 is 0. The third-order valence-corrected chi connectivity index (χ3v) is 12.4. The van der Waals surface area contributed by atoms with Gasteiger partial charge in [0.25, 0.3) is 0 Å². The summed E-state index contributed by atoms with van der Waals surface area (Å²) in [5.74, 6) is 0. The molecule has 2 heteroatoms. The molecule has 0 atom stereocenters. The van der Waals surface area contributed by atoms with Gasteiger partial charge in [-0.2, -0.15) is 0 Å². The molecule has 60 heavy (non-hydrogen) atoms. The fraction of sp³-hybridized carbons (Fsp3) is 0.0172. The molecule has 0 unspecified atom stereocenters. The van der Waals surface area contributed by atoms with Crippen LogP contribution in [0.5, 0.6) is 0 Å². The number of pyridine rings is 1. The predicted molar refractivity (Wildman–Crippen MR) is 255 cm³/mol. The lowest BCUT2D eigenvalue weighted by molar-refractivity contribution is 1.16. The van der Waals surface area contributed by atoms with E-state index in [1.54, 1.807) is 0 Å². The number of benzene rings is 10. The maximum Gasteiger partial charge on any atom is 0.0730 e. The zero-order chi connectivity index (χ0) is 39.7. The van der Waals surface area contributed by atoms with Crippen LogP contribution in [0.1, 0.15) is 5.56 Å². The molecule has 2 aromatic heterocycles. The van der Waals surface area contributed by atoms with Crippen molar-refractivity contribution in [3.8, 4) is 50.5 Å². The van der Waals surface area contributed by atoms with E-state index in [9.17, 15) is 0 Å². The van der Waals surface area contributed by atoms with Gasteiger partial charge in [-0.1, -0.05) is 169 Å². The minimum atomic E-state index is 0.941. The molecular formula is C58H38N2. The van der Waals surface area contributed by atoms with E-state index in [0.717, 1.165) is 39.2 Å². The van der Waals surface area contributed by atoms with Crippen LogP contribution >= 0.6 is 0 Å². The number of hydrogen-bond donors (Lipinski definition) is 0. The van der Waals surface area contributed by atoms with Gasteiger partial charge in [0.15, 0.2) is 0 Å². The summed E-state index contributed by atoms with van der Waals surface area (Å²) in [4.78, 5) is 5.27. The van der Waals surface area contributed by atoms with Crippen LogP contribution in [-0.4, -0.2) is 9.55 Å². The van der Waals surface area contributed by atoms with Crippen LogP contribution in [0.3, 0.4) is 0 Å².